The van der Waals surface area contributed by atoms with Crippen molar-refractivity contribution < 1.29 is 19.1 Å². The number of carbonyl (C=O) groups excluding carboxylic acids is 2. The quantitative estimate of drug-likeness (QED) is 0.752. The van der Waals surface area contributed by atoms with Crippen LogP contribution in [0.5, 0.6) is 5.75 Å². The van der Waals surface area contributed by atoms with Crippen LogP contribution >= 0.6 is 0 Å². The van der Waals surface area contributed by atoms with Crippen molar-refractivity contribution in [3.63, 3.8) is 0 Å². The van der Waals surface area contributed by atoms with Crippen molar-refractivity contribution in [2.24, 2.45) is 11.8 Å². The van der Waals surface area contributed by atoms with E-state index in [0.717, 1.165) is 12.2 Å². The number of rotatable bonds is 6. The first-order chi connectivity index (χ1) is 14.6. The molecule has 6 heteroatoms. The van der Waals surface area contributed by atoms with Gasteiger partial charge in [0.15, 0.2) is 0 Å². The average molecular weight is 404 g/mol. The number of hydrogen-bond donors (Lipinski definition) is 1. The highest BCUT2D eigenvalue weighted by Gasteiger charge is 2.66. The van der Waals surface area contributed by atoms with Crippen molar-refractivity contribution in [3.8, 4) is 5.75 Å². The van der Waals surface area contributed by atoms with Gasteiger partial charge in [-0.05, 0) is 36.2 Å². The van der Waals surface area contributed by atoms with E-state index in [9.17, 15) is 9.59 Å². The molecule has 0 aromatic heterocycles. The average Bonchev–Trinajstić information content (AvgIpc) is 3.41. The van der Waals surface area contributed by atoms with E-state index in [2.05, 4.69) is 17.4 Å². The normalized spacial score (nSPS) is 28.6. The number of carbonyl (C=O) groups is 2. The Kier molecular flexibility index (Phi) is 4.59. The molecule has 3 heterocycles. The van der Waals surface area contributed by atoms with Gasteiger partial charge in [0, 0.05) is 12.2 Å². The number of nitrogens with zero attached hydrogens (tertiary/aromatic N) is 1. The Bertz CT molecular complexity index is 988. The lowest BCUT2D eigenvalue weighted by Gasteiger charge is -2.23. The minimum absolute atomic E-state index is 0.00709. The van der Waals surface area contributed by atoms with Gasteiger partial charge in [0.05, 0.1) is 31.6 Å². The zero-order valence-electron chi connectivity index (χ0n) is 16.8. The van der Waals surface area contributed by atoms with Crippen molar-refractivity contribution in [2.45, 2.75) is 18.1 Å². The van der Waals surface area contributed by atoms with Crippen LogP contribution in [0.3, 0.4) is 0 Å². The number of likely N-dealkylation sites (tertiary alicyclic amines) is 1. The molecule has 2 aromatic carbocycles. The summed E-state index contributed by atoms with van der Waals surface area (Å²) in [5.74, 6) is -0.446. The van der Waals surface area contributed by atoms with Gasteiger partial charge in [-0.2, -0.15) is 0 Å². The SMILES string of the molecule is COc1ccc(NC(=O)C2C3C=CC4(CN(CCc5ccccc5)C(=O)C24)O3)cc1. The van der Waals surface area contributed by atoms with E-state index < -0.39 is 17.4 Å². The molecule has 2 aromatic rings. The molecule has 30 heavy (non-hydrogen) atoms. The van der Waals surface area contributed by atoms with Gasteiger partial charge >= 0.3 is 0 Å². The van der Waals surface area contributed by atoms with Gasteiger partial charge in [-0.3, -0.25) is 9.59 Å². The molecule has 0 aliphatic carbocycles. The van der Waals surface area contributed by atoms with Gasteiger partial charge < -0.3 is 19.7 Å². The molecular formula is C24H24N2O4. The van der Waals surface area contributed by atoms with E-state index in [1.54, 1.807) is 31.4 Å². The van der Waals surface area contributed by atoms with E-state index in [0.29, 0.717) is 18.8 Å². The molecule has 1 spiro atoms. The zero-order chi connectivity index (χ0) is 20.7. The molecule has 6 nitrogen and oxygen atoms in total. The van der Waals surface area contributed by atoms with E-state index in [1.165, 1.54) is 5.56 Å². The molecule has 154 valence electrons. The topological polar surface area (TPSA) is 67.9 Å². The summed E-state index contributed by atoms with van der Waals surface area (Å²) in [5, 5.41) is 2.94. The molecule has 2 bridgehead atoms. The van der Waals surface area contributed by atoms with Crippen molar-refractivity contribution in [3.05, 3.63) is 72.3 Å². The third-order valence-corrected chi connectivity index (χ3v) is 6.35. The van der Waals surface area contributed by atoms with Crippen molar-refractivity contribution in [2.75, 3.05) is 25.5 Å². The number of benzene rings is 2. The summed E-state index contributed by atoms with van der Waals surface area (Å²) in [6.45, 7) is 1.12. The highest BCUT2D eigenvalue weighted by atomic mass is 16.5. The molecular weight excluding hydrogens is 380 g/mol. The van der Waals surface area contributed by atoms with Crippen molar-refractivity contribution >= 4 is 17.5 Å². The molecule has 0 saturated carbocycles. The summed E-state index contributed by atoms with van der Waals surface area (Å²) in [4.78, 5) is 28.2. The number of anilines is 1. The Morgan fingerprint density at radius 2 is 1.97 bits per heavy atom. The van der Waals surface area contributed by atoms with Gasteiger partial charge in [-0.15, -0.1) is 0 Å². The Balaban J connectivity index is 1.31. The van der Waals surface area contributed by atoms with E-state index in [1.807, 2.05) is 35.3 Å². The first-order valence-corrected chi connectivity index (χ1v) is 10.2. The molecule has 3 aliphatic rings. The Morgan fingerprint density at radius 1 is 1.20 bits per heavy atom. The lowest BCUT2D eigenvalue weighted by atomic mass is 9.77. The minimum atomic E-state index is -0.680. The molecule has 0 radical (unpaired) electrons. The Morgan fingerprint density at radius 3 is 2.70 bits per heavy atom. The molecule has 1 N–H and O–H groups in total. The largest absolute Gasteiger partial charge is 0.497 e. The molecule has 2 saturated heterocycles. The second-order valence-corrected chi connectivity index (χ2v) is 8.11. The standard InChI is InChI=1S/C24H24N2O4/c1-29-18-9-7-17(8-10-18)25-22(27)20-19-11-13-24(30-19)15-26(23(28)21(20)24)14-12-16-5-3-2-4-6-16/h2-11,13,19-21H,12,14-15H2,1H3,(H,25,27). The number of ether oxygens (including phenoxy) is 2. The maximum absolute atomic E-state index is 13.3. The summed E-state index contributed by atoms with van der Waals surface area (Å²) in [6, 6.07) is 17.3. The van der Waals surface area contributed by atoms with Crippen LogP contribution in [0.1, 0.15) is 5.56 Å². The van der Waals surface area contributed by atoms with Gasteiger partial charge in [0.1, 0.15) is 11.4 Å². The number of fused-ring (bicyclic) bond motifs is 1. The van der Waals surface area contributed by atoms with E-state index in [4.69, 9.17) is 9.47 Å². The van der Waals surface area contributed by atoms with Gasteiger partial charge in [0.2, 0.25) is 11.8 Å². The predicted molar refractivity (Wildman–Crippen MR) is 112 cm³/mol. The molecule has 5 rings (SSSR count). The molecule has 3 aliphatic heterocycles. The van der Waals surface area contributed by atoms with Crippen molar-refractivity contribution in [1.82, 2.24) is 4.90 Å². The molecule has 4 unspecified atom stereocenters. The summed E-state index contributed by atoms with van der Waals surface area (Å²) in [5.41, 5.74) is 1.18. The number of amides is 2. The maximum atomic E-state index is 13.3. The third kappa shape index (κ3) is 3.08. The fourth-order valence-corrected chi connectivity index (χ4v) is 4.88. The molecule has 2 amide bonds. The monoisotopic (exact) mass is 404 g/mol. The van der Waals surface area contributed by atoms with Crippen LogP contribution < -0.4 is 10.1 Å². The second-order valence-electron chi connectivity index (χ2n) is 8.11. The van der Waals surface area contributed by atoms with Crippen LogP contribution in [0, 0.1) is 11.8 Å². The van der Waals surface area contributed by atoms with Crippen molar-refractivity contribution in [1.29, 1.82) is 0 Å². The Labute approximate surface area is 175 Å². The highest BCUT2D eigenvalue weighted by Crippen LogP contribution is 2.52. The van der Waals surface area contributed by atoms with Gasteiger partial charge in [-0.25, -0.2) is 0 Å². The number of hydrogen-bond acceptors (Lipinski definition) is 4. The lowest BCUT2D eigenvalue weighted by molar-refractivity contribution is -0.135. The Hall–Kier alpha value is -3.12. The zero-order valence-corrected chi connectivity index (χ0v) is 16.8. The van der Waals surface area contributed by atoms with Crippen LogP contribution in [0.2, 0.25) is 0 Å². The fourth-order valence-electron chi connectivity index (χ4n) is 4.88. The van der Waals surface area contributed by atoms with Crippen LogP contribution in [-0.4, -0.2) is 48.6 Å². The van der Waals surface area contributed by atoms with Gasteiger partial charge in [-0.1, -0.05) is 42.5 Å². The first kappa shape index (κ1) is 18.9. The summed E-state index contributed by atoms with van der Waals surface area (Å²) < 4.78 is 11.3. The predicted octanol–water partition coefficient (Wildman–Crippen LogP) is 2.66. The maximum Gasteiger partial charge on any atom is 0.231 e. The smallest absolute Gasteiger partial charge is 0.231 e. The van der Waals surface area contributed by atoms with Gasteiger partial charge in [0.25, 0.3) is 0 Å². The third-order valence-electron chi connectivity index (χ3n) is 6.35. The van der Waals surface area contributed by atoms with Crippen LogP contribution in [0.25, 0.3) is 0 Å². The summed E-state index contributed by atoms with van der Waals surface area (Å²) in [6.07, 6.45) is 4.35. The second kappa shape index (κ2) is 7.29. The lowest BCUT2D eigenvalue weighted by Crippen LogP contribution is -2.41. The summed E-state index contributed by atoms with van der Waals surface area (Å²) in [7, 11) is 1.60. The minimum Gasteiger partial charge on any atom is -0.497 e. The fraction of sp³-hybridized carbons (Fsp3) is 0.333. The van der Waals surface area contributed by atoms with Crippen LogP contribution in [0.15, 0.2) is 66.7 Å². The molecule has 2 fully saturated rings. The highest BCUT2D eigenvalue weighted by molar-refractivity contribution is 5.99. The molecule has 4 atom stereocenters. The summed E-state index contributed by atoms with van der Waals surface area (Å²) >= 11 is 0. The van der Waals surface area contributed by atoms with Crippen LogP contribution in [-0.2, 0) is 20.7 Å². The van der Waals surface area contributed by atoms with E-state index in [-0.39, 0.29) is 17.9 Å². The number of methoxy groups -OCH3 is 1. The number of nitrogens with one attached hydrogen (secondary N) is 1. The van der Waals surface area contributed by atoms with Crippen LogP contribution in [0.4, 0.5) is 5.69 Å². The van der Waals surface area contributed by atoms with E-state index >= 15 is 0 Å². The first-order valence-electron chi connectivity index (χ1n) is 10.2.